The molecule has 0 saturated carbocycles. The molecule has 1 heterocycles. The van der Waals surface area contributed by atoms with E-state index in [0.717, 1.165) is 43.8 Å². The molecule has 2 aromatic rings. The van der Waals surface area contributed by atoms with E-state index in [1.165, 1.54) is 18.1 Å². The highest BCUT2D eigenvalue weighted by Crippen LogP contribution is 2.30. The number of carbonyl (C=O) groups excluding carboxylic acids is 2. The van der Waals surface area contributed by atoms with Gasteiger partial charge in [0.1, 0.15) is 12.4 Å². The summed E-state index contributed by atoms with van der Waals surface area (Å²) < 4.78 is 6.18. The number of amides is 2. The van der Waals surface area contributed by atoms with Crippen LogP contribution in [0.5, 0.6) is 5.75 Å². The Labute approximate surface area is 204 Å². The molecule has 6 nitrogen and oxygen atoms in total. The van der Waals surface area contributed by atoms with Crippen LogP contribution in [0.15, 0.2) is 48.5 Å². The SMILES string of the molecule is CC(=O)NCC(=O)N1CCCCCN(Cc2ccc(C(C)(C)C)cc2)c2ccccc2OCC1. The predicted octanol–water partition coefficient (Wildman–Crippen LogP) is 4.52. The van der Waals surface area contributed by atoms with Crippen molar-refractivity contribution >= 4 is 17.5 Å². The maximum absolute atomic E-state index is 12.6. The molecule has 0 saturated heterocycles. The molecule has 1 N–H and O–H groups in total. The molecule has 0 aromatic heterocycles. The molecule has 0 atom stereocenters. The van der Waals surface area contributed by atoms with Gasteiger partial charge in [0.2, 0.25) is 11.8 Å². The Morgan fingerprint density at radius 1 is 0.941 bits per heavy atom. The highest BCUT2D eigenvalue weighted by Gasteiger charge is 2.18. The number of fused-ring (bicyclic) bond motifs is 1. The summed E-state index contributed by atoms with van der Waals surface area (Å²) >= 11 is 0. The molecule has 0 fully saturated rings. The van der Waals surface area contributed by atoms with E-state index < -0.39 is 0 Å². The third-order valence-corrected chi connectivity index (χ3v) is 6.22. The first-order valence-electron chi connectivity index (χ1n) is 12.3. The molecule has 0 aliphatic carbocycles. The minimum Gasteiger partial charge on any atom is -0.490 e. The van der Waals surface area contributed by atoms with Gasteiger partial charge in [0, 0.05) is 26.6 Å². The van der Waals surface area contributed by atoms with Crippen molar-refractivity contribution < 1.29 is 14.3 Å². The summed E-state index contributed by atoms with van der Waals surface area (Å²) in [5, 5.41) is 2.61. The summed E-state index contributed by atoms with van der Waals surface area (Å²) in [6.07, 6.45) is 3.00. The number of nitrogens with zero attached hydrogens (tertiary/aromatic N) is 2. The van der Waals surface area contributed by atoms with Gasteiger partial charge in [-0.1, -0.05) is 57.2 Å². The zero-order valence-electron chi connectivity index (χ0n) is 21.1. The third-order valence-electron chi connectivity index (χ3n) is 6.22. The lowest BCUT2D eigenvalue weighted by atomic mass is 9.87. The summed E-state index contributed by atoms with van der Waals surface area (Å²) in [6.45, 7) is 11.5. The van der Waals surface area contributed by atoms with Gasteiger partial charge in [-0.2, -0.15) is 0 Å². The minimum absolute atomic E-state index is 0.0354. The summed E-state index contributed by atoms with van der Waals surface area (Å²) in [6, 6.07) is 17.1. The topological polar surface area (TPSA) is 61.9 Å². The summed E-state index contributed by atoms with van der Waals surface area (Å²) in [5.74, 6) is 0.578. The Kier molecular flexibility index (Phi) is 8.97. The number of ether oxygens (including phenoxy) is 1. The number of para-hydroxylation sites is 2. The van der Waals surface area contributed by atoms with Crippen LogP contribution in [0, 0.1) is 0 Å². The fourth-order valence-corrected chi connectivity index (χ4v) is 4.18. The van der Waals surface area contributed by atoms with Crippen LogP contribution in [-0.4, -0.2) is 49.5 Å². The molecule has 0 spiro atoms. The van der Waals surface area contributed by atoms with Crippen LogP contribution in [0.4, 0.5) is 5.69 Å². The minimum atomic E-state index is -0.194. The first-order chi connectivity index (χ1) is 16.2. The van der Waals surface area contributed by atoms with Crippen LogP contribution in [0.25, 0.3) is 0 Å². The van der Waals surface area contributed by atoms with Crippen LogP contribution in [0.1, 0.15) is 58.1 Å². The zero-order valence-corrected chi connectivity index (χ0v) is 21.1. The van der Waals surface area contributed by atoms with Gasteiger partial charge in [0.15, 0.2) is 0 Å². The molecular weight excluding hydrogens is 426 g/mol. The van der Waals surface area contributed by atoms with E-state index in [0.29, 0.717) is 19.7 Å². The molecular formula is C28H39N3O3. The van der Waals surface area contributed by atoms with Crippen molar-refractivity contribution in [2.45, 2.75) is 58.9 Å². The van der Waals surface area contributed by atoms with Crippen molar-refractivity contribution in [2.75, 3.05) is 37.7 Å². The molecule has 2 aromatic carbocycles. The Bertz CT molecular complexity index is 950. The first kappa shape index (κ1) is 25.6. The second kappa shape index (κ2) is 11.9. The van der Waals surface area contributed by atoms with Crippen molar-refractivity contribution in [1.82, 2.24) is 10.2 Å². The number of rotatable bonds is 4. The quantitative estimate of drug-likeness (QED) is 0.721. The third kappa shape index (κ3) is 7.51. The normalized spacial score (nSPS) is 15.4. The molecule has 0 radical (unpaired) electrons. The molecule has 0 unspecified atom stereocenters. The number of anilines is 1. The standard InChI is InChI=1S/C28H39N3O3/c1-22(32)29-20-27(33)30-16-8-5-9-17-31(25-10-6-7-11-26(25)34-19-18-30)21-23-12-14-24(15-13-23)28(2,3)4/h6-7,10-15H,5,8-9,16-21H2,1-4H3,(H,29,32). The fraction of sp³-hybridized carbons (Fsp3) is 0.500. The lowest BCUT2D eigenvalue weighted by Crippen LogP contribution is -2.42. The van der Waals surface area contributed by atoms with E-state index in [1.54, 1.807) is 4.90 Å². The maximum atomic E-state index is 12.6. The van der Waals surface area contributed by atoms with Crippen molar-refractivity contribution in [3.63, 3.8) is 0 Å². The van der Waals surface area contributed by atoms with Gasteiger partial charge < -0.3 is 19.9 Å². The molecule has 6 heteroatoms. The van der Waals surface area contributed by atoms with Gasteiger partial charge >= 0.3 is 0 Å². The van der Waals surface area contributed by atoms with Crippen LogP contribution in [0.3, 0.4) is 0 Å². The van der Waals surface area contributed by atoms with E-state index in [-0.39, 0.29) is 23.8 Å². The first-order valence-corrected chi connectivity index (χ1v) is 12.3. The van der Waals surface area contributed by atoms with Crippen molar-refractivity contribution in [3.05, 3.63) is 59.7 Å². The number of benzene rings is 2. The summed E-state index contributed by atoms with van der Waals surface area (Å²) in [5.41, 5.74) is 3.85. The largest absolute Gasteiger partial charge is 0.490 e. The Balaban J connectivity index is 1.73. The predicted molar refractivity (Wildman–Crippen MR) is 137 cm³/mol. The fourth-order valence-electron chi connectivity index (χ4n) is 4.18. The van der Waals surface area contributed by atoms with Gasteiger partial charge in [-0.3, -0.25) is 9.59 Å². The number of hydrogen-bond donors (Lipinski definition) is 1. The maximum Gasteiger partial charge on any atom is 0.242 e. The van der Waals surface area contributed by atoms with Crippen molar-refractivity contribution in [1.29, 1.82) is 0 Å². The highest BCUT2D eigenvalue weighted by molar-refractivity contribution is 5.83. The van der Waals surface area contributed by atoms with Crippen molar-refractivity contribution in [2.24, 2.45) is 0 Å². The molecule has 2 amide bonds. The van der Waals surface area contributed by atoms with Crippen LogP contribution in [0.2, 0.25) is 0 Å². The van der Waals surface area contributed by atoms with Gasteiger partial charge in [0.05, 0.1) is 18.8 Å². The van der Waals surface area contributed by atoms with Gasteiger partial charge in [-0.05, 0) is 47.9 Å². The van der Waals surface area contributed by atoms with Gasteiger partial charge in [-0.25, -0.2) is 0 Å². The Morgan fingerprint density at radius 2 is 1.65 bits per heavy atom. The molecule has 184 valence electrons. The van der Waals surface area contributed by atoms with Gasteiger partial charge in [0.25, 0.3) is 0 Å². The molecule has 34 heavy (non-hydrogen) atoms. The average Bonchev–Trinajstić information content (AvgIpc) is 2.79. The lowest BCUT2D eigenvalue weighted by Gasteiger charge is -2.29. The second-order valence-corrected chi connectivity index (χ2v) is 10.0. The highest BCUT2D eigenvalue weighted by atomic mass is 16.5. The van der Waals surface area contributed by atoms with E-state index in [4.69, 9.17) is 4.74 Å². The van der Waals surface area contributed by atoms with E-state index in [9.17, 15) is 9.59 Å². The Hall–Kier alpha value is -3.02. The zero-order chi connectivity index (χ0) is 24.6. The summed E-state index contributed by atoms with van der Waals surface area (Å²) in [4.78, 5) is 27.9. The van der Waals surface area contributed by atoms with E-state index >= 15 is 0 Å². The number of hydrogen-bond acceptors (Lipinski definition) is 4. The molecule has 0 bridgehead atoms. The molecule has 1 aliphatic rings. The molecule has 3 rings (SSSR count). The van der Waals surface area contributed by atoms with Gasteiger partial charge in [-0.15, -0.1) is 0 Å². The van der Waals surface area contributed by atoms with Crippen LogP contribution >= 0.6 is 0 Å². The van der Waals surface area contributed by atoms with Crippen LogP contribution < -0.4 is 15.0 Å². The second-order valence-electron chi connectivity index (χ2n) is 10.0. The molecule has 1 aliphatic heterocycles. The van der Waals surface area contributed by atoms with Crippen LogP contribution in [-0.2, 0) is 21.5 Å². The van der Waals surface area contributed by atoms with E-state index in [1.807, 2.05) is 18.2 Å². The monoisotopic (exact) mass is 465 g/mol. The number of nitrogens with one attached hydrogen (secondary N) is 1. The number of carbonyl (C=O) groups is 2. The van der Waals surface area contributed by atoms with E-state index in [2.05, 4.69) is 61.3 Å². The summed E-state index contributed by atoms with van der Waals surface area (Å²) in [7, 11) is 0. The average molecular weight is 466 g/mol. The lowest BCUT2D eigenvalue weighted by molar-refractivity contribution is -0.132. The smallest absolute Gasteiger partial charge is 0.242 e. The van der Waals surface area contributed by atoms with Crippen molar-refractivity contribution in [3.8, 4) is 5.75 Å². The Morgan fingerprint density at radius 3 is 2.35 bits per heavy atom.